The number of carbonyl (C=O) groups is 1. The van der Waals surface area contributed by atoms with Crippen molar-refractivity contribution in [2.75, 3.05) is 13.1 Å². The summed E-state index contributed by atoms with van der Waals surface area (Å²) in [4.78, 5) is 13.7. The summed E-state index contributed by atoms with van der Waals surface area (Å²) in [7, 11) is 0. The molecule has 2 N–H and O–H groups in total. The lowest BCUT2D eigenvalue weighted by Crippen LogP contribution is -2.37. The normalized spacial score (nSPS) is 21.0. The van der Waals surface area contributed by atoms with Crippen LogP contribution < -0.4 is 5.73 Å². The van der Waals surface area contributed by atoms with E-state index in [0.29, 0.717) is 12.5 Å². The van der Waals surface area contributed by atoms with Gasteiger partial charge in [-0.05, 0) is 46.0 Å². The van der Waals surface area contributed by atoms with Crippen LogP contribution in [0.4, 0.5) is 4.79 Å². The molecule has 0 spiro atoms. The standard InChI is InChI=1S/C15H26N2O2/c1-5-6-7-8-13(16)12-9-10-17(11-12)14(18)19-15(2,3)4/h1,12-13H,6-11,16H2,2-4H3. The minimum absolute atomic E-state index is 0.126. The average Bonchev–Trinajstić information content (AvgIpc) is 2.76. The Morgan fingerprint density at radius 2 is 2.26 bits per heavy atom. The summed E-state index contributed by atoms with van der Waals surface area (Å²) in [6.07, 6.45) is 8.61. The van der Waals surface area contributed by atoms with Gasteiger partial charge in [-0.3, -0.25) is 0 Å². The molecule has 0 aromatic carbocycles. The number of nitrogens with two attached hydrogens (primary N) is 1. The molecule has 0 bridgehead atoms. The van der Waals surface area contributed by atoms with Gasteiger partial charge in [0.05, 0.1) is 0 Å². The van der Waals surface area contributed by atoms with Crippen LogP contribution in [0.15, 0.2) is 0 Å². The van der Waals surface area contributed by atoms with Gasteiger partial charge in [0.25, 0.3) is 0 Å². The van der Waals surface area contributed by atoms with Gasteiger partial charge in [-0.15, -0.1) is 12.3 Å². The number of likely N-dealkylation sites (tertiary alicyclic amines) is 1. The highest BCUT2D eigenvalue weighted by Crippen LogP contribution is 2.23. The summed E-state index contributed by atoms with van der Waals surface area (Å²) < 4.78 is 5.37. The molecule has 108 valence electrons. The Kier molecular flexibility index (Phi) is 5.68. The molecule has 1 aliphatic heterocycles. The number of hydrogen-bond acceptors (Lipinski definition) is 3. The molecule has 0 aromatic heterocycles. The van der Waals surface area contributed by atoms with Gasteiger partial charge in [0.2, 0.25) is 0 Å². The first kappa shape index (κ1) is 15.8. The predicted octanol–water partition coefficient (Wildman–Crippen LogP) is 2.37. The van der Waals surface area contributed by atoms with E-state index in [9.17, 15) is 4.79 Å². The minimum Gasteiger partial charge on any atom is -0.444 e. The van der Waals surface area contributed by atoms with Gasteiger partial charge in [0, 0.05) is 25.6 Å². The van der Waals surface area contributed by atoms with E-state index in [2.05, 4.69) is 5.92 Å². The van der Waals surface area contributed by atoms with E-state index in [0.717, 1.165) is 32.2 Å². The lowest BCUT2D eigenvalue weighted by atomic mass is 9.95. The fraction of sp³-hybridized carbons (Fsp3) is 0.800. The lowest BCUT2D eigenvalue weighted by Gasteiger charge is -2.25. The van der Waals surface area contributed by atoms with Crippen molar-refractivity contribution >= 4 is 6.09 Å². The Balaban J connectivity index is 2.37. The molecule has 1 heterocycles. The van der Waals surface area contributed by atoms with Crippen LogP contribution in [-0.4, -0.2) is 35.7 Å². The first-order valence-corrected chi connectivity index (χ1v) is 7.00. The molecular weight excluding hydrogens is 240 g/mol. The number of carbonyl (C=O) groups excluding carboxylic acids is 1. The van der Waals surface area contributed by atoms with Crippen LogP contribution in [0.3, 0.4) is 0 Å². The number of nitrogens with zero attached hydrogens (tertiary/aromatic N) is 1. The summed E-state index contributed by atoms with van der Waals surface area (Å²) in [5, 5.41) is 0. The highest BCUT2D eigenvalue weighted by atomic mass is 16.6. The van der Waals surface area contributed by atoms with Crippen molar-refractivity contribution < 1.29 is 9.53 Å². The number of hydrogen-bond donors (Lipinski definition) is 1. The first-order chi connectivity index (χ1) is 8.83. The van der Waals surface area contributed by atoms with E-state index in [1.165, 1.54) is 0 Å². The highest BCUT2D eigenvalue weighted by molar-refractivity contribution is 5.68. The smallest absolute Gasteiger partial charge is 0.410 e. The molecule has 2 atom stereocenters. The molecule has 0 radical (unpaired) electrons. The maximum absolute atomic E-state index is 11.9. The summed E-state index contributed by atoms with van der Waals surface area (Å²) in [5.41, 5.74) is 5.72. The summed E-state index contributed by atoms with van der Waals surface area (Å²) in [5.74, 6) is 2.99. The van der Waals surface area contributed by atoms with Gasteiger partial charge in [-0.2, -0.15) is 0 Å². The molecular formula is C15H26N2O2. The summed E-state index contributed by atoms with van der Waals surface area (Å²) in [6.45, 7) is 7.08. The highest BCUT2D eigenvalue weighted by Gasteiger charge is 2.32. The molecule has 1 amide bonds. The van der Waals surface area contributed by atoms with Crippen molar-refractivity contribution in [3.8, 4) is 12.3 Å². The molecule has 0 aliphatic carbocycles. The van der Waals surface area contributed by atoms with Crippen molar-refractivity contribution in [1.82, 2.24) is 4.90 Å². The van der Waals surface area contributed by atoms with Gasteiger partial charge in [0.15, 0.2) is 0 Å². The average molecular weight is 266 g/mol. The van der Waals surface area contributed by atoms with Crippen molar-refractivity contribution in [2.45, 2.75) is 58.1 Å². The van der Waals surface area contributed by atoms with Crippen molar-refractivity contribution in [2.24, 2.45) is 11.7 Å². The number of unbranched alkanes of at least 4 members (excludes halogenated alkanes) is 1. The molecule has 0 saturated carbocycles. The van der Waals surface area contributed by atoms with Crippen molar-refractivity contribution in [3.63, 3.8) is 0 Å². The fourth-order valence-electron chi connectivity index (χ4n) is 2.30. The Morgan fingerprint density at radius 3 is 2.84 bits per heavy atom. The molecule has 1 aliphatic rings. The zero-order chi connectivity index (χ0) is 14.5. The van der Waals surface area contributed by atoms with E-state index in [4.69, 9.17) is 16.9 Å². The first-order valence-electron chi connectivity index (χ1n) is 7.00. The molecule has 4 nitrogen and oxygen atoms in total. The molecule has 1 rings (SSSR count). The van der Waals surface area contributed by atoms with E-state index in [1.54, 1.807) is 4.90 Å². The third-order valence-electron chi connectivity index (χ3n) is 3.34. The van der Waals surface area contributed by atoms with Crippen LogP contribution in [0.2, 0.25) is 0 Å². The Bertz CT molecular complexity index is 341. The van der Waals surface area contributed by atoms with E-state index in [-0.39, 0.29) is 12.1 Å². The minimum atomic E-state index is -0.440. The third kappa shape index (κ3) is 5.52. The maximum atomic E-state index is 11.9. The van der Waals surface area contributed by atoms with Gasteiger partial charge in [-0.25, -0.2) is 4.79 Å². The van der Waals surface area contributed by atoms with E-state index in [1.807, 2.05) is 20.8 Å². The molecule has 19 heavy (non-hydrogen) atoms. The Labute approximate surface area is 116 Å². The van der Waals surface area contributed by atoms with Crippen LogP contribution in [0.5, 0.6) is 0 Å². The third-order valence-corrected chi connectivity index (χ3v) is 3.34. The summed E-state index contributed by atoms with van der Waals surface area (Å²) in [6, 6.07) is 0.126. The van der Waals surface area contributed by atoms with Crippen LogP contribution in [0, 0.1) is 18.3 Å². The van der Waals surface area contributed by atoms with Crippen molar-refractivity contribution in [1.29, 1.82) is 0 Å². The second-order valence-electron chi connectivity index (χ2n) is 6.24. The number of terminal acetylenes is 1. The maximum Gasteiger partial charge on any atom is 0.410 e. The zero-order valence-corrected chi connectivity index (χ0v) is 12.3. The van der Waals surface area contributed by atoms with E-state index < -0.39 is 5.60 Å². The monoisotopic (exact) mass is 266 g/mol. The zero-order valence-electron chi connectivity index (χ0n) is 12.3. The van der Waals surface area contributed by atoms with Gasteiger partial charge < -0.3 is 15.4 Å². The fourth-order valence-corrected chi connectivity index (χ4v) is 2.30. The SMILES string of the molecule is C#CCCCC(N)C1CCN(C(=O)OC(C)(C)C)C1. The van der Waals surface area contributed by atoms with E-state index >= 15 is 0 Å². The molecule has 0 aromatic rings. The van der Waals surface area contributed by atoms with Gasteiger partial charge in [0.1, 0.15) is 5.60 Å². The Hall–Kier alpha value is -1.21. The molecule has 1 saturated heterocycles. The second kappa shape index (κ2) is 6.81. The number of amides is 1. The lowest BCUT2D eigenvalue weighted by molar-refractivity contribution is 0.0286. The molecule has 2 unspecified atom stereocenters. The topological polar surface area (TPSA) is 55.6 Å². The Morgan fingerprint density at radius 1 is 1.58 bits per heavy atom. The van der Waals surface area contributed by atoms with Crippen molar-refractivity contribution in [3.05, 3.63) is 0 Å². The van der Waals surface area contributed by atoms with Gasteiger partial charge >= 0.3 is 6.09 Å². The predicted molar refractivity (Wildman–Crippen MR) is 76.6 cm³/mol. The number of rotatable bonds is 4. The number of ether oxygens (including phenoxy) is 1. The second-order valence-corrected chi connectivity index (χ2v) is 6.24. The quantitative estimate of drug-likeness (QED) is 0.628. The van der Waals surface area contributed by atoms with Crippen LogP contribution in [-0.2, 0) is 4.74 Å². The summed E-state index contributed by atoms with van der Waals surface area (Å²) >= 11 is 0. The molecule has 4 heteroatoms. The molecule has 1 fully saturated rings. The largest absolute Gasteiger partial charge is 0.444 e. The van der Waals surface area contributed by atoms with Crippen LogP contribution in [0.1, 0.15) is 46.5 Å². The van der Waals surface area contributed by atoms with Crippen LogP contribution in [0.25, 0.3) is 0 Å². The van der Waals surface area contributed by atoms with Gasteiger partial charge in [-0.1, -0.05) is 0 Å². The van der Waals surface area contributed by atoms with Crippen LogP contribution >= 0.6 is 0 Å².